The highest BCUT2D eigenvalue weighted by Gasteiger charge is 2.06. The minimum atomic E-state index is -0.418. The third-order valence-corrected chi connectivity index (χ3v) is 3.12. The number of nitrogens with zero attached hydrogens (tertiary/aromatic N) is 1. The predicted octanol–water partition coefficient (Wildman–Crippen LogP) is -0.119. The number of likely N-dealkylation sites (N-methyl/N-ethyl adjacent to an activating group) is 1. The van der Waals surface area contributed by atoms with Crippen molar-refractivity contribution >= 4 is 11.1 Å². The van der Waals surface area contributed by atoms with E-state index in [2.05, 4.69) is 9.88 Å². The molecule has 5 N–H and O–H groups in total. The first kappa shape index (κ1) is 13.8. The van der Waals surface area contributed by atoms with E-state index in [1.807, 2.05) is 25.2 Å². The molecule has 1 atom stereocenters. The van der Waals surface area contributed by atoms with Crippen LogP contribution in [0.2, 0.25) is 0 Å². The minimum Gasteiger partial charge on any atom is -0.408 e. The van der Waals surface area contributed by atoms with Crippen LogP contribution in [0.3, 0.4) is 0 Å². The molecule has 0 aliphatic carbocycles. The summed E-state index contributed by atoms with van der Waals surface area (Å²) in [5.74, 6) is -0.418. The van der Waals surface area contributed by atoms with E-state index >= 15 is 0 Å². The maximum Gasteiger partial charge on any atom is 0.417 e. The Bertz CT molecular complexity index is 590. The first-order valence-corrected chi connectivity index (χ1v) is 6.34. The predicted molar refractivity (Wildman–Crippen MR) is 75.1 cm³/mol. The number of oxazole rings is 1. The van der Waals surface area contributed by atoms with Crippen LogP contribution >= 0.6 is 0 Å². The molecule has 0 aliphatic heterocycles. The Hall–Kier alpha value is -1.63. The number of benzene rings is 1. The Labute approximate surface area is 111 Å². The van der Waals surface area contributed by atoms with Gasteiger partial charge in [-0.05, 0) is 31.2 Å². The van der Waals surface area contributed by atoms with Crippen LogP contribution in [0.25, 0.3) is 11.1 Å². The molecule has 1 unspecified atom stereocenters. The summed E-state index contributed by atoms with van der Waals surface area (Å²) in [5, 5.41) is 0. The number of nitrogens with two attached hydrogens (primary N) is 2. The van der Waals surface area contributed by atoms with Crippen molar-refractivity contribution in [3.05, 3.63) is 34.3 Å². The molecule has 6 heteroatoms. The quantitative estimate of drug-likeness (QED) is 0.675. The summed E-state index contributed by atoms with van der Waals surface area (Å²) >= 11 is 0. The number of hydrogen-bond donors (Lipinski definition) is 3. The van der Waals surface area contributed by atoms with Gasteiger partial charge in [0, 0.05) is 25.7 Å². The average Bonchev–Trinajstić information content (AvgIpc) is 2.75. The van der Waals surface area contributed by atoms with E-state index < -0.39 is 5.76 Å². The third-order valence-electron chi connectivity index (χ3n) is 3.12. The van der Waals surface area contributed by atoms with Gasteiger partial charge in [0.25, 0.3) is 0 Å². The first-order valence-electron chi connectivity index (χ1n) is 6.34. The summed E-state index contributed by atoms with van der Waals surface area (Å²) in [4.78, 5) is 15.8. The zero-order valence-corrected chi connectivity index (χ0v) is 11.1. The normalized spacial score (nSPS) is 13.3. The lowest BCUT2D eigenvalue weighted by atomic mass is 10.1. The second kappa shape index (κ2) is 6.01. The summed E-state index contributed by atoms with van der Waals surface area (Å²) < 4.78 is 5.04. The minimum absolute atomic E-state index is 0.00942. The first-order chi connectivity index (χ1) is 9.08. The Balaban J connectivity index is 1.95. The fourth-order valence-corrected chi connectivity index (χ4v) is 2.03. The molecular weight excluding hydrogens is 244 g/mol. The van der Waals surface area contributed by atoms with Crippen LogP contribution in [-0.4, -0.2) is 42.6 Å². The highest BCUT2D eigenvalue weighted by Crippen LogP contribution is 2.12. The number of fused-ring (bicyclic) bond motifs is 1. The molecule has 0 amide bonds. The van der Waals surface area contributed by atoms with E-state index in [1.165, 1.54) is 0 Å². The lowest BCUT2D eigenvalue weighted by Gasteiger charge is -2.20. The van der Waals surface area contributed by atoms with Gasteiger partial charge in [-0.15, -0.1) is 0 Å². The smallest absolute Gasteiger partial charge is 0.408 e. The molecule has 2 rings (SSSR count). The molecule has 1 aromatic heterocycles. The van der Waals surface area contributed by atoms with E-state index in [0.717, 1.165) is 30.6 Å². The molecule has 6 nitrogen and oxygen atoms in total. The van der Waals surface area contributed by atoms with Crippen molar-refractivity contribution in [2.24, 2.45) is 11.5 Å². The van der Waals surface area contributed by atoms with Crippen molar-refractivity contribution < 1.29 is 4.42 Å². The SMILES string of the molecule is CN(CCc1ccc2[nH]c(=O)oc2c1)CC(N)CN. The Morgan fingerprint density at radius 1 is 1.47 bits per heavy atom. The average molecular weight is 264 g/mol. The van der Waals surface area contributed by atoms with Crippen molar-refractivity contribution in [2.45, 2.75) is 12.5 Å². The molecule has 2 aromatic rings. The second-order valence-electron chi connectivity index (χ2n) is 4.85. The van der Waals surface area contributed by atoms with E-state index in [9.17, 15) is 4.79 Å². The molecule has 0 fully saturated rings. The van der Waals surface area contributed by atoms with Gasteiger partial charge < -0.3 is 20.8 Å². The topological polar surface area (TPSA) is 101 Å². The van der Waals surface area contributed by atoms with Gasteiger partial charge >= 0.3 is 5.76 Å². The van der Waals surface area contributed by atoms with Crippen molar-refractivity contribution in [2.75, 3.05) is 26.7 Å². The van der Waals surface area contributed by atoms with E-state index in [1.54, 1.807) is 0 Å². The zero-order chi connectivity index (χ0) is 13.8. The number of rotatable bonds is 6. The van der Waals surface area contributed by atoms with Gasteiger partial charge in [-0.2, -0.15) is 0 Å². The van der Waals surface area contributed by atoms with Crippen LogP contribution in [0.15, 0.2) is 27.4 Å². The maximum atomic E-state index is 11.1. The number of nitrogens with one attached hydrogen (secondary N) is 1. The van der Waals surface area contributed by atoms with Crippen molar-refractivity contribution in [3.8, 4) is 0 Å². The highest BCUT2D eigenvalue weighted by atomic mass is 16.4. The standard InChI is InChI=1S/C13H20N4O2/c1-17(8-10(15)7-14)5-4-9-2-3-11-12(6-9)19-13(18)16-11/h2-3,6,10H,4-5,7-8,14-15H2,1H3,(H,16,18). The van der Waals surface area contributed by atoms with Crippen molar-refractivity contribution in [3.63, 3.8) is 0 Å². The molecule has 1 heterocycles. The molecule has 104 valence electrons. The molecule has 19 heavy (non-hydrogen) atoms. The Morgan fingerprint density at radius 2 is 2.26 bits per heavy atom. The van der Waals surface area contributed by atoms with Crippen LogP contribution in [0, 0.1) is 0 Å². The summed E-state index contributed by atoms with van der Waals surface area (Å²) in [5.41, 5.74) is 13.8. The number of aromatic nitrogens is 1. The van der Waals surface area contributed by atoms with Gasteiger partial charge in [-0.25, -0.2) is 4.79 Å². The van der Waals surface area contributed by atoms with E-state index in [-0.39, 0.29) is 6.04 Å². The fourth-order valence-electron chi connectivity index (χ4n) is 2.03. The van der Waals surface area contributed by atoms with E-state index in [4.69, 9.17) is 15.9 Å². The monoisotopic (exact) mass is 264 g/mol. The van der Waals surface area contributed by atoms with Crippen LogP contribution in [-0.2, 0) is 6.42 Å². The molecular formula is C13H20N4O2. The Morgan fingerprint density at radius 3 is 3.00 bits per heavy atom. The molecule has 0 bridgehead atoms. The summed E-state index contributed by atoms with van der Waals surface area (Å²) in [7, 11) is 2.02. The summed E-state index contributed by atoms with van der Waals surface area (Å²) in [6, 6.07) is 5.76. The van der Waals surface area contributed by atoms with Gasteiger partial charge in [0.2, 0.25) is 0 Å². The van der Waals surface area contributed by atoms with Gasteiger partial charge in [0.15, 0.2) is 5.58 Å². The number of aromatic amines is 1. The van der Waals surface area contributed by atoms with Crippen LogP contribution in [0.4, 0.5) is 0 Å². The molecule has 0 spiro atoms. The number of hydrogen-bond acceptors (Lipinski definition) is 5. The van der Waals surface area contributed by atoms with Gasteiger partial charge in [0.1, 0.15) is 0 Å². The number of H-pyrrole nitrogens is 1. The molecule has 0 radical (unpaired) electrons. The maximum absolute atomic E-state index is 11.1. The molecule has 0 saturated heterocycles. The molecule has 0 saturated carbocycles. The van der Waals surface area contributed by atoms with Gasteiger partial charge in [-0.3, -0.25) is 4.98 Å². The highest BCUT2D eigenvalue weighted by molar-refractivity contribution is 5.72. The molecule has 1 aromatic carbocycles. The summed E-state index contributed by atoms with van der Waals surface area (Å²) in [6.45, 7) is 2.15. The second-order valence-corrected chi connectivity index (χ2v) is 4.85. The Kier molecular flexibility index (Phi) is 4.36. The molecule has 0 aliphatic rings. The van der Waals surface area contributed by atoms with Crippen molar-refractivity contribution in [1.82, 2.24) is 9.88 Å². The fraction of sp³-hybridized carbons (Fsp3) is 0.462. The largest absolute Gasteiger partial charge is 0.417 e. The van der Waals surface area contributed by atoms with Crippen LogP contribution < -0.4 is 17.2 Å². The lowest BCUT2D eigenvalue weighted by Crippen LogP contribution is -2.41. The van der Waals surface area contributed by atoms with E-state index in [0.29, 0.717) is 12.1 Å². The third kappa shape index (κ3) is 3.66. The summed E-state index contributed by atoms with van der Waals surface area (Å²) in [6.07, 6.45) is 0.874. The van der Waals surface area contributed by atoms with Gasteiger partial charge in [-0.1, -0.05) is 6.07 Å². The van der Waals surface area contributed by atoms with Gasteiger partial charge in [0.05, 0.1) is 5.52 Å². The van der Waals surface area contributed by atoms with Crippen LogP contribution in [0.5, 0.6) is 0 Å². The lowest BCUT2D eigenvalue weighted by molar-refractivity contribution is 0.316. The zero-order valence-electron chi connectivity index (χ0n) is 11.1. The van der Waals surface area contributed by atoms with Crippen molar-refractivity contribution in [1.29, 1.82) is 0 Å². The van der Waals surface area contributed by atoms with Crippen LogP contribution in [0.1, 0.15) is 5.56 Å².